The van der Waals surface area contributed by atoms with Gasteiger partial charge < -0.3 is 19.2 Å². The maximum atomic E-state index is 13.5. The predicted octanol–water partition coefficient (Wildman–Crippen LogP) is 6.94. The summed E-state index contributed by atoms with van der Waals surface area (Å²) in [5.41, 5.74) is -1.58. The Morgan fingerprint density at radius 1 is 1.05 bits per heavy atom. The van der Waals surface area contributed by atoms with Crippen LogP contribution in [0.5, 0.6) is 0 Å². The van der Waals surface area contributed by atoms with Crippen LogP contribution in [0.1, 0.15) is 50.3 Å². The van der Waals surface area contributed by atoms with Gasteiger partial charge in [0.25, 0.3) is 0 Å². The number of alkyl halides is 6. The Kier molecular flexibility index (Phi) is 18.5. The Labute approximate surface area is 252 Å². The number of likely N-dealkylation sites (N-methyl/N-ethyl adjacent to an activating group) is 1. The lowest BCUT2D eigenvalue weighted by Gasteiger charge is -2.17. The van der Waals surface area contributed by atoms with Gasteiger partial charge in [0, 0.05) is 12.9 Å². The zero-order chi connectivity index (χ0) is 33.2. The molecule has 0 amide bonds. The number of benzene rings is 2. The van der Waals surface area contributed by atoms with Crippen LogP contribution in [0.4, 0.5) is 26.3 Å². The number of imidazole rings is 1. The van der Waals surface area contributed by atoms with Crippen molar-refractivity contribution in [3.05, 3.63) is 59.2 Å². The molecular formula is C29H39F6N3O4S. The molecule has 0 fully saturated rings. The van der Waals surface area contributed by atoms with Crippen molar-refractivity contribution in [3.8, 4) is 0 Å². The van der Waals surface area contributed by atoms with Crippen LogP contribution < -0.4 is 0 Å². The molecule has 14 heteroatoms. The van der Waals surface area contributed by atoms with Gasteiger partial charge in [-0.1, -0.05) is 57.2 Å². The Morgan fingerprint density at radius 2 is 1.65 bits per heavy atom. The van der Waals surface area contributed by atoms with E-state index in [4.69, 9.17) is 5.11 Å². The zero-order valence-electron chi connectivity index (χ0n) is 25.1. The van der Waals surface area contributed by atoms with E-state index in [0.29, 0.717) is 22.3 Å². The number of hydrogen-bond donors (Lipinski definition) is 1. The maximum Gasteiger partial charge on any atom is 0.416 e. The molecule has 1 N–H and O–H groups in total. The molecule has 0 aliphatic rings. The quantitative estimate of drug-likeness (QED) is 0.118. The second-order valence-corrected chi connectivity index (χ2v) is 9.89. The Balaban J connectivity index is 0.000000986. The van der Waals surface area contributed by atoms with Crippen molar-refractivity contribution in [3.63, 3.8) is 0 Å². The van der Waals surface area contributed by atoms with Gasteiger partial charge in [0.15, 0.2) is 5.16 Å². The number of aldehydes is 1. The van der Waals surface area contributed by atoms with Gasteiger partial charge in [-0.25, -0.2) is 4.98 Å². The number of para-hydroxylation sites is 2. The summed E-state index contributed by atoms with van der Waals surface area (Å²) in [5.74, 6) is 0.395. The number of ether oxygens (including phenoxy) is 1. The summed E-state index contributed by atoms with van der Waals surface area (Å²) in [6.07, 6.45) is -6.91. The molecule has 7 nitrogen and oxygen atoms in total. The zero-order valence-corrected chi connectivity index (χ0v) is 25.9. The number of carbonyl (C=O) groups is 2. The van der Waals surface area contributed by atoms with Crippen LogP contribution >= 0.6 is 11.8 Å². The lowest BCUT2D eigenvalue weighted by atomic mass is 10.0. The third-order valence-corrected chi connectivity index (χ3v) is 6.32. The number of thioether (sulfide) groups is 1. The highest BCUT2D eigenvalue weighted by molar-refractivity contribution is 7.99. The molecule has 0 spiro atoms. The Morgan fingerprint density at radius 3 is 2.16 bits per heavy atom. The molecule has 0 unspecified atom stereocenters. The highest BCUT2D eigenvalue weighted by Gasteiger charge is 2.38. The molecule has 3 rings (SSSR count). The number of nitrogens with zero attached hydrogens (tertiary/aromatic N) is 3. The molecule has 2 aromatic carbocycles. The summed E-state index contributed by atoms with van der Waals surface area (Å²) < 4.78 is 85.1. The van der Waals surface area contributed by atoms with Gasteiger partial charge in [0.1, 0.15) is 6.29 Å². The fraction of sp³-hybridized carbons (Fsp3) is 0.483. The van der Waals surface area contributed by atoms with Crippen molar-refractivity contribution < 1.29 is 45.8 Å². The van der Waals surface area contributed by atoms with Crippen LogP contribution in [-0.2, 0) is 33.2 Å². The third-order valence-electron chi connectivity index (χ3n) is 5.14. The van der Waals surface area contributed by atoms with Gasteiger partial charge in [0.2, 0.25) is 0 Å². The van der Waals surface area contributed by atoms with Gasteiger partial charge in [-0.3, -0.25) is 9.69 Å². The number of methoxy groups -OCH3 is 1. The fourth-order valence-electron chi connectivity index (χ4n) is 3.31. The average molecular weight is 640 g/mol. The van der Waals surface area contributed by atoms with E-state index in [2.05, 4.69) is 23.6 Å². The SMILES string of the molecule is CCC.CCCSc1nc2ccccc2n1Cc1ccc(C(F)(F)F)cc1C(F)(F)F.CO.COC(=O)CN(C)CC=O. The van der Waals surface area contributed by atoms with Crippen molar-refractivity contribution in [1.82, 2.24) is 14.5 Å². The van der Waals surface area contributed by atoms with E-state index in [1.165, 1.54) is 25.3 Å². The minimum Gasteiger partial charge on any atom is -0.468 e. The first-order chi connectivity index (χ1) is 20.2. The van der Waals surface area contributed by atoms with Crippen molar-refractivity contribution in [1.29, 1.82) is 0 Å². The predicted molar refractivity (Wildman–Crippen MR) is 156 cm³/mol. The Bertz CT molecular complexity index is 1250. The molecule has 3 aromatic rings. The highest BCUT2D eigenvalue weighted by Crippen LogP contribution is 2.38. The molecule has 1 aromatic heterocycles. The molecule has 0 saturated heterocycles. The van der Waals surface area contributed by atoms with Crippen molar-refractivity contribution in [2.45, 2.75) is 57.7 Å². The number of esters is 1. The molecule has 0 radical (unpaired) electrons. The van der Waals surface area contributed by atoms with Gasteiger partial charge in [-0.15, -0.1) is 0 Å². The molecule has 242 valence electrons. The standard InChI is InChI=1S/C19H16F6N2S.C6H11NO3.C3H8.CH4O/c1-2-9-28-17-26-15-5-3-4-6-16(15)27(17)11-12-7-8-13(18(20,21)22)10-14(12)19(23,24)25;1-7(3-4-8)5-6(9)10-2;1-3-2;1-2/h3-8,10H,2,9,11H2,1H3;4H,3,5H2,1-2H3;3H2,1-2H3;2H,1H3. The first kappa shape index (κ1) is 39.9. The van der Waals surface area contributed by atoms with Crippen LogP contribution in [-0.4, -0.2) is 71.9 Å². The summed E-state index contributed by atoms with van der Waals surface area (Å²) in [5, 5.41) is 7.54. The summed E-state index contributed by atoms with van der Waals surface area (Å²) in [6, 6.07) is 8.75. The molecule has 0 aliphatic heterocycles. The highest BCUT2D eigenvalue weighted by atomic mass is 32.2. The van der Waals surface area contributed by atoms with E-state index in [9.17, 15) is 35.9 Å². The average Bonchev–Trinajstić information content (AvgIpc) is 3.30. The molecule has 1 heterocycles. The van der Waals surface area contributed by atoms with Crippen LogP contribution in [0.15, 0.2) is 47.6 Å². The molecule has 43 heavy (non-hydrogen) atoms. The van der Waals surface area contributed by atoms with E-state index in [-0.39, 0.29) is 37.2 Å². The minimum atomic E-state index is -4.90. The molecular weight excluding hydrogens is 600 g/mol. The summed E-state index contributed by atoms with van der Waals surface area (Å²) >= 11 is 1.40. The molecule has 0 aliphatic carbocycles. The monoisotopic (exact) mass is 639 g/mol. The summed E-state index contributed by atoms with van der Waals surface area (Å²) in [6.45, 7) is 6.42. The number of aliphatic hydroxyl groups is 1. The number of rotatable bonds is 9. The second kappa shape index (κ2) is 20.0. The number of carbonyl (C=O) groups excluding carboxylic acids is 2. The topological polar surface area (TPSA) is 84.7 Å². The number of aliphatic hydroxyl groups excluding tert-OH is 1. The first-order valence-corrected chi connectivity index (χ1v) is 14.2. The van der Waals surface area contributed by atoms with Gasteiger partial charge >= 0.3 is 18.3 Å². The number of fused-ring (bicyclic) bond motifs is 1. The van der Waals surface area contributed by atoms with E-state index in [1.807, 2.05) is 6.92 Å². The van der Waals surface area contributed by atoms with Crippen molar-refractivity contribution in [2.24, 2.45) is 0 Å². The first-order valence-electron chi connectivity index (χ1n) is 13.2. The Hall–Kier alpha value is -3.10. The van der Waals surface area contributed by atoms with Gasteiger partial charge in [-0.2, -0.15) is 26.3 Å². The normalized spacial score (nSPS) is 11.0. The minimum absolute atomic E-state index is 0.162. The van der Waals surface area contributed by atoms with E-state index in [1.54, 1.807) is 40.8 Å². The number of halogens is 6. The fourth-order valence-corrected chi connectivity index (χ4v) is 4.18. The number of hydrogen-bond acceptors (Lipinski definition) is 7. The third kappa shape index (κ3) is 13.8. The molecule has 0 bridgehead atoms. The molecule has 0 saturated carbocycles. The smallest absolute Gasteiger partial charge is 0.416 e. The summed E-state index contributed by atoms with van der Waals surface area (Å²) in [4.78, 5) is 26.4. The van der Waals surface area contributed by atoms with E-state index >= 15 is 0 Å². The van der Waals surface area contributed by atoms with Crippen molar-refractivity contribution >= 4 is 35.1 Å². The van der Waals surface area contributed by atoms with Crippen molar-refractivity contribution in [2.75, 3.05) is 40.1 Å². The number of aromatic nitrogens is 2. The lowest BCUT2D eigenvalue weighted by molar-refractivity contribution is -0.144. The van der Waals surface area contributed by atoms with Crippen LogP contribution in [0, 0.1) is 0 Å². The second-order valence-electron chi connectivity index (χ2n) is 8.83. The van der Waals surface area contributed by atoms with E-state index < -0.39 is 23.5 Å². The lowest BCUT2D eigenvalue weighted by Crippen LogP contribution is -2.28. The van der Waals surface area contributed by atoms with Gasteiger partial charge in [-0.05, 0) is 43.3 Å². The largest absolute Gasteiger partial charge is 0.468 e. The van der Waals surface area contributed by atoms with Crippen LogP contribution in [0.3, 0.4) is 0 Å². The maximum absolute atomic E-state index is 13.5. The van der Waals surface area contributed by atoms with E-state index in [0.717, 1.165) is 31.6 Å². The van der Waals surface area contributed by atoms with Crippen LogP contribution in [0.2, 0.25) is 0 Å². The van der Waals surface area contributed by atoms with Gasteiger partial charge in [0.05, 0.1) is 48.9 Å². The van der Waals surface area contributed by atoms with Crippen LogP contribution in [0.25, 0.3) is 11.0 Å². The molecule has 0 atom stereocenters. The summed E-state index contributed by atoms with van der Waals surface area (Å²) in [7, 11) is 3.99.